The van der Waals surface area contributed by atoms with Crippen molar-refractivity contribution in [1.82, 2.24) is 9.88 Å². The molecule has 0 aliphatic carbocycles. The van der Waals surface area contributed by atoms with Crippen LogP contribution in [-0.2, 0) is 0 Å². The second kappa shape index (κ2) is 5.14. The minimum atomic E-state index is -0.403. The number of β-amino-alcohol motifs (C(OH)–C–C–N with tert-alkyl or cyclic N) is 1. The highest BCUT2D eigenvalue weighted by Gasteiger charge is 2.26. The molecule has 1 aromatic heterocycles. The van der Waals surface area contributed by atoms with Crippen molar-refractivity contribution in [2.75, 3.05) is 13.1 Å². The zero-order valence-corrected chi connectivity index (χ0v) is 12.7. The number of carbonyl (C=O) groups excluding carboxylic acids is 1. The summed E-state index contributed by atoms with van der Waals surface area (Å²) in [6, 6.07) is 7.56. The number of aliphatic hydroxyl groups excluding tert-OH is 1. The van der Waals surface area contributed by atoms with Gasteiger partial charge in [-0.2, -0.15) is 0 Å². The second-order valence-corrected chi connectivity index (χ2v) is 6.08. The molecule has 0 saturated carbocycles. The first-order valence-electron chi connectivity index (χ1n) is 6.59. The lowest BCUT2D eigenvalue weighted by Crippen LogP contribution is -2.29. The topological polar surface area (TPSA) is 53.4 Å². The lowest BCUT2D eigenvalue weighted by Gasteiger charge is -2.17. The molecule has 1 atom stereocenters. The standard InChI is InChI=1S/C15H15BrN2O2/c1-9-6-13(15(20)18-5-4-11(19)8-18)12-7-10(16)2-3-14(12)17-9/h2-3,6-7,11,19H,4-5,8H2,1H3/t11-/m1/s1. The molecule has 104 valence electrons. The number of aliphatic hydroxyl groups is 1. The normalized spacial score (nSPS) is 18.8. The summed E-state index contributed by atoms with van der Waals surface area (Å²) in [5.41, 5.74) is 2.29. The predicted octanol–water partition coefficient (Wildman–Crippen LogP) is 2.51. The van der Waals surface area contributed by atoms with E-state index >= 15 is 0 Å². The Balaban J connectivity index is 2.10. The average Bonchev–Trinajstić information content (AvgIpc) is 2.84. The Hall–Kier alpha value is -1.46. The molecular weight excluding hydrogens is 320 g/mol. The van der Waals surface area contributed by atoms with Crippen LogP contribution in [0.5, 0.6) is 0 Å². The molecule has 1 amide bonds. The van der Waals surface area contributed by atoms with Gasteiger partial charge in [0.05, 0.1) is 17.2 Å². The molecule has 20 heavy (non-hydrogen) atoms. The maximum atomic E-state index is 12.6. The number of halogens is 1. The van der Waals surface area contributed by atoms with E-state index in [0.717, 1.165) is 21.1 Å². The Morgan fingerprint density at radius 3 is 2.95 bits per heavy atom. The van der Waals surface area contributed by atoms with Crippen molar-refractivity contribution in [3.8, 4) is 0 Å². The maximum Gasteiger partial charge on any atom is 0.254 e. The molecule has 0 bridgehead atoms. The third-order valence-corrected chi connectivity index (χ3v) is 4.07. The molecule has 1 fully saturated rings. The minimum Gasteiger partial charge on any atom is -0.391 e. The molecule has 2 heterocycles. The fourth-order valence-electron chi connectivity index (χ4n) is 2.60. The van der Waals surface area contributed by atoms with Crippen molar-refractivity contribution >= 4 is 32.7 Å². The number of aromatic nitrogens is 1. The number of amides is 1. The van der Waals surface area contributed by atoms with Crippen LogP contribution in [0.15, 0.2) is 28.7 Å². The molecule has 1 saturated heterocycles. The smallest absolute Gasteiger partial charge is 0.254 e. The Bertz CT molecular complexity index is 687. The van der Waals surface area contributed by atoms with Crippen LogP contribution < -0.4 is 0 Å². The van der Waals surface area contributed by atoms with Gasteiger partial charge in [0.15, 0.2) is 0 Å². The molecule has 4 nitrogen and oxygen atoms in total. The number of hydrogen-bond donors (Lipinski definition) is 1. The number of nitrogens with zero attached hydrogens (tertiary/aromatic N) is 2. The Labute approximate surface area is 125 Å². The van der Waals surface area contributed by atoms with E-state index in [9.17, 15) is 9.90 Å². The van der Waals surface area contributed by atoms with E-state index in [1.165, 1.54) is 0 Å². The molecule has 1 aliphatic rings. The molecule has 3 rings (SSSR count). The van der Waals surface area contributed by atoms with Crippen LogP contribution in [0.1, 0.15) is 22.5 Å². The summed E-state index contributed by atoms with van der Waals surface area (Å²) in [7, 11) is 0. The van der Waals surface area contributed by atoms with E-state index in [2.05, 4.69) is 20.9 Å². The highest BCUT2D eigenvalue weighted by atomic mass is 79.9. The zero-order valence-electron chi connectivity index (χ0n) is 11.1. The van der Waals surface area contributed by atoms with Gasteiger partial charge in [0.2, 0.25) is 0 Å². The first-order chi connectivity index (χ1) is 9.54. The fourth-order valence-corrected chi connectivity index (χ4v) is 2.97. The van der Waals surface area contributed by atoms with Crippen molar-refractivity contribution in [2.45, 2.75) is 19.4 Å². The average molecular weight is 335 g/mol. The molecule has 1 N–H and O–H groups in total. The molecule has 2 aromatic rings. The molecule has 0 spiro atoms. The van der Waals surface area contributed by atoms with E-state index in [-0.39, 0.29) is 5.91 Å². The highest BCUT2D eigenvalue weighted by molar-refractivity contribution is 9.10. The highest BCUT2D eigenvalue weighted by Crippen LogP contribution is 2.25. The minimum absolute atomic E-state index is 0.0323. The Morgan fingerprint density at radius 2 is 2.25 bits per heavy atom. The van der Waals surface area contributed by atoms with Crippen LogP contribution in [0.2, 0.25) is 0 Å². The summed E-state index contributed by atoms with van der Waals surface area (Å²) in [6.45, 7) is 2.91. The number of rotatable bonds is 1. The summed E-state index contributed by atoms with van der Waals surface area (Å²) in [6.07, 6.45) is 0.247. The lowest BCUT2D eigenvalue weighted by atomic mass is 10.1. The van der Waals surface area contributed by atoms with Gasteiger partial charge in [0, 0.05) is 28.6 Å². The molecule has 5 heteroatoms. The Morgan fingerprint density at radius 1 is 1.45 bits per heavy atom. The number of pyridine rings is 1. The van der Waals surface area contributed by atoms with Crippen LogP contribution in [0.25, 0.3) is 10.9 Å². The lowest BCUT2D eigenvalue weighted by molar-refractivity contribution is 0.0766. The van der Waals surface area contributed by atoms with Gasteiger partial charge in [0.1, 0.15) is 0 Å². The van der Waals surface area contributed by atoms with Crippen LogP contribution in [0.4, 0.5) is 0 Å². The van der Waals surface area contributed by atoms with Crippen molar-refractivity contribution < 1.29 is 9.90 Å². The first kappa shape index (κ1) is 13.5. The quantitative estimate of drug-likeness (QED) is 0.871. The Kier molecular flexibility index (Phi) is 3.48. The third kappa shape index (κ3) is 2.43. The van der Waals surface area contributed by atoms with E-state index in [1.807, 2.05) is 31.2 Å². The largest absolute Gasteiger partial charge is 0.391 e. The van der Waals surface area contributed by atoms with Crippen molar-refractivity contribution in [1.29, 1.82) is 0 Å². The number of hydrogen-bond acceptors (Lipinski definition) is 3. The molecule has 1 aromatic carbocycles. The SMILES string of the molecule is Cc1cc(C(=O)N2CC[C@@H](O)C2)c2cc(Br)ccc2n1. The predicted molar refractivity (Wildman–Crippen MR) is 80.7 cm³/mol. The van der Waals surface area contributed by atoms with Crippen molar-refractivity contribution in [2.24, 2.45) is 0 Å². The van der Waals surface area contributed by atoms with Crippen LogP contribution in [-0.4, -0.2) is 40.1 Å². The van der Waals surface area contributed by atoms with E-state index in [4.69, 9.17) is 0 Å². The molecule has 1 aliphatic heterocycles. The number of carbonyl (C=O) groups is 1. The molecular formula is C15H15BrN2O2. The summed E-state index contributed by atoms with van der Waals surface area (Å²) in [4.78, 5) is 18.8. The number of aryl methyl sites for hydroxylation is 1. The number of fused-ring (bicyclic) bond motifs is 1. The van der Waals surface area contributed by atoms with Crippen molar-refractivity contribution in [3.63, 3.8) is 0 Å². The third-order valence-electron chi connectivity index (χ3n) is 3.58. The summed E-state index contributed by atoms with van der Waals surface area (Å²) >= 11 is 3.43. The van der Waals surface area contributed by atoms with Gasteiger partial charge in [-0.1, -0.05) is 15.9 Å². The summed E-state index contributed by atoms with van der Waals surface area (Å²) in [5.74, 6) is -0.0323. The zero-order chi connectivity index (χ0) is 14.3. The monoisotopic (exact) mass is 334 g/mol. The van der Waals surface area contributed by atoms with Gasteiger partial charge in [-0.15, -0.1) is 0 Å². The number of likely N-dealkylation sites (tertiary alicyclic amines) is 1. The van der Waals surface area contributed by atoms with Gasteiger partial charge < -0.3 is 10.0 Å². The maximum absolute atomic E-state index is 12.6. The summed E-state index contributed by atoms with van der Waals surface area (Å²) in [5, 5.41) is 10.4. The van der Waals surface area contributed by atoms with Crippen LogP contribution in [0, 0.1) is 6.92 Å². The van der Waals surface area contributed by atoms with E-state index < -0.39 is 6.10 Å². The first-order valence-corrected chi connectivity index (χ1v) is 7.38. The van der Waals surface area contributed by atoms with Crippen molar-refractivity contribution in [3.05, 3.63) is 40.0 Å². The van der Waals surface area contributed by atoms with E-state index in [0.29, 0.717) is 25.1 Å². The van der Waals surface area contributed by atoms with Crippen LogP contribution in [0.3, 0.4) is 0 Å². The van der Waals surface area contributed by atoms with Crippen LogP contribution >= 0.6 is 15.9 Å². The summed E-state index contributed by atoms with van der Waals surface area (Å²) < 4.78 is 0.922. The molecule has 0 unspecified atom stereocenters. The number of benzene rings is 1. The molecule has 0 radical (unpaired) electrons. The van der Waals surface area contributed by atoms with Gasteiger partial charge in [-0.25, -0.2) is 0 Å². The van der Waals surface area contributed by atoms with Gasteiger partial charge >= 0.3 is 0 Å². The van der Waals surface area contributed by atoms with Gasteiger partial charge in [0.25, 0.3) is 5.91 Å². The van der Waals surface area contributed by atoms with Gasteiger partial charge in [-0.3, -0.25) is 9.78 Å². The van der Waals surface area contributed by atoms with Gasteiger partial charge in [-0.05, 0) is 37.6 Å². The fraction of sp³-hybridized carbons (Fsp3) is 0.333. The second-order valence-electron chi connectivity index (χ2n) is 5.17. The van der Waals surface area contributed by atoms with E-state index in [1.54, 1.807) is 4.90 Å².